The maximum Gasteiger partial charge on any atom is 0.234 e. The standard InChI is InChI=1S/C22H23BrN4O3S/c1-4-27-21(15(3)30-19-10-8-17(23)9-11-19)25-26-22(27)31-13-20(29)24-18-7-5-6-16(12-18)14(2)28/h5-12,15H,4,13H2,1-3H3,(H,24,29). The molecule has 0 aliphatic carbocycles. The van der Waals surface area contributed by atoms with E-state index in [1.807, 2.05) is 42.7 Å². The first-order valence-electron chi connectivity index (χ1n) is 9.76. The van der Waals surface area contributed by atoms with Crippen molar-refractivity contribution in [3.05, 3.63) is 64.4 Å². The Morgan fingerprint density at radius 1 is 1.19 bits per heavy atom. The second-order valence-corrected chi connectivity index (χ2v) is 8.63. The Kier molecular flexibility index (Phi) is 7.86. The molecule has 1 amide bonds. The van der Waals surface area contributed by atoms with Gasteiger partial charge in [0.2, 0.25) is 5.91 Å². The monoisotopic (exact) mass is 502 g/mol. The molecule has 3 rings (SSSR count). The van der Waals surface area contributed by atoms with E-state index < -0.39 is 0 Å². The van der Waals surface area contributed by atoms with Gasteiger partial charge in [-0.1, -0.05) is 39.8 Å². The number of benzene rings is 2. The van der Waals surface area contributed by atoms with E-state index in [1.165, 1.54) is 18.7 Å². The van der Waals surface area contributed by atoms with Gasteiger partial charge in [0.05, 0.1) is 5.75 Å². The number of anilines is 1. The number of halogens is 1. The van der Waals surface area contributed by atoms with E-state index >= 15 is 0 Å². The van der Waals surface area contributed by atoms with Gasteiger partial charge in [0.1, 0.15) is 5.75 Å². The molecule has 2 aromatic carbocycles. The molecule has 31 heavy (non-hydrogen) atoms. The van der Waals surface area contributed by atoms with Gasteiger partial charge in [-0.05, 0) is 57.2 Å². The van der Waals surface area contributed by atoms with E-state index in [9.17, 15) is 9.59 Å². The smallest absolute Gasteiger partial charge is 0.234 e. The summed E-state index contributed by atoms with van der Waals surface area (Å²) in [5.41, 5.74) is 1.15. The zero-order valence-electron chi connectivity index (χ0n) is 17.5. The molecule has 1 unspecified atom stereocenters. The SMILES string of the molecule is CCn1c(SCC(=O)Nc2cccc(C(C)=O)c2)nnc1C(C)Oc1ccc(Br)cc1. The third kappa shape index (κ3) is 6.18. The van der Waals surface area contributed by atoms with Gasteiger partial charge in [-0.25, -0.2) is 0 Å². The van der Waals surface area contributed by atoms with Crippen LogP contribution in [-0.4, -0.2) is 32.2 Å². The minimum Gasteiger partial charge on any atom is -0.483 e. The zero-order chi connectivity index (χ0) is 22.4. The van der Waals surface area contributed by atoms with Gasteiger partial charge in [0.15, 0.2) is 22.9 Å². The molecule has 1 N–H and O–H groups in total. The van der Waals surface area contributed by atoms with Crippen molar-refractivity contribution in [2.75, 3.05) is 11.1 Å². The lowest BCUT2D eigenvalue weighted by molar-refractivity contribution is -0.113. The topological polar surface area (TPSA) is 86.1 Å². The van der Waals surface area contributed by atoms with E-state index in [4.69, 9.17) is 4.74 Å². The number of Topliss-reactive ketones (excluding diaryl/α,β-unsaturated/α-hetero) is 1. The predicted molar refractivity (Wildman–Crippen MR) is 125 cm³/mol. The number of aromatic nitrogens is 3. The van der Waals surface area contributed by atoms with Crippen LogP contribution in [0.25, 0.3) is 0 Å². The summed E-state index contributed by atoms with van der Waals surface area (Å²) in [5, 5.41) is 12.0. The Morgan fingerprint density at radius 3 is 2.61 bits per heavy atom. The van der Waals surface area contributed by atoms with E-state index in [2.05, 4.69) is 31.4 Å². The largest absolute Gasteiger partial charge is 0.483 e. The molecule has 0 bridgehead atoms. The van der Waals surface area contributed by atoms with Crippen LogP contribution >= 0.6 is 27.7 Å². The van der Waals surface area contributed by atoms with Crippen LogP contribution in [0.3, 0.4) is 0 Å². The highest BCUT2D eigenvalue weighted by atomic mass is 79.9. The predicted octanol–water partition coefficient (Wildman–Crippen LogP) is 5.13. The number of ketones is 1. The van der Waals surface area contributed by atoms with Crippen molar-refractivity contribution in [3.8, 4) is 5.75 Å². The Bertz CT molecular complexity index is 1070. The molecule has 0 saturated carbocycles. The van der Waals surface area contributed by atoms with Crippen molar-refractivity contribution in [1.29, 1.82) is 0 Å². The molecule has 9 heteroatoms. The molecule has 1 heterocycles. The highest BCUT2D eigenvalue weighted by molar-refractivity contribution is 9.10. The molecule has 0 saturated heterocycles. The van der Waals surface area contributed by atoms with E-state index in [1.54, 1.807) is 24.3 Å². The van der Waals surface area contributed by atoms with Crippen LogP contribution in [0.5, 0.6) is 5.75 Å². The number of hydrogen-bond donors (Lipinski definition) is 1. The van der Waals surface area contributed by atoms with Gasteiger partial charge >= 0.3 is 0 Å². The normalized spacial score (nSPS) is 11.7. The average molecular weight is 503 g/mol. The van der Waals surface area contributed by atoms with Crippen molar-refractivity contribution in [1.82, 2.24) is 14.8 Å². The molecular weight excluding hydrogens is 480 g/mol. The summed E-state index contributed by atoms with van der Waals surface area (Å²) in [6.07, 6.45) is -0.300. The summed E-state index contributed by atoms with van der Waals surface area (Å²) in [5.74, 6) is 1.38. The summed E-state index contributed by atoms with van der Waals surface area (Å²) < 4.78 is 8.91. The first kappa shape index (κ1) is 23.0. The fourth-order valence-electron chi connectivity index (χ4n) is 2.92. The number of amides is 1. The van der Waals surface area contributed by atoms with Crippen LogP contribution in [0.1, 0.15) is 43.1 Å². The number of nitrogens with zero attached hydrogens (tertiary/aromatic N) is 3. The number of carbonyl (C=O) groups is 2. The van der Waals surface area contributed by atoms with Crippen LogP contribution in [-0.2, 0) is 11.3 Å². The lowest BCUT2D eigenvalue weighted by Crippen LogP contribution is -2.15. The first-order valence-corrected chi connectivity index (χ1v) is 11.5. The summed E-state index contributed by atoms with van der Waals surface area (Å²) in [7, 11) is 0. The highest BCUT2D eigenvalue weighted by Gasteiger charge is 2.19. The molecule has 7 nitrogen and oxygen atoms in total. The number of rotatable bonds is 9. The van der Waals surface area contributed by atoms with Crippen molar-refractivity contribution in [2.45, 2.75) is 38.6 Å². The van der Waals surface area contributed by atoms with Gasteiger partial charge in [0.25, 0.3) is 0 Å². The van der Waals surface area contributed by atoms with Crippen LogP contribution in [0.4, 0.5) is 5.69 Å². The lowest BCUT2D eigenvalue weighted by Gasteiger charge is -2.15. The molecule has 0 radical (unpaired) electrons. The summed E-state index contributed by atoms with van der Waals surface area (Å²) in [4.78, 5) is 23.9. The van der Waals surface area contributed by atoms with Crippen LogP contribution in [0.2, 0.25) is 0 Å². The van der Waals surface area contributed by atoms with Crippen molar-refractivity contribution < 1.29 is 14.3 Å². The Morgan fingerprint density at radius 2 is 1.94 bits per heavy atom. The molecule has 3 aromatic rings. The van der Waals surface area contributed by atoms with Gasteiger partial charge in [-0.15, -0.1) is 10.2 Å². The number of carbonyl (C=O) groups excluding carboxylic acids is 2. The molecular formula is C22H23BrN4O3S. The third-order valence-corrected chi connectivity index (χ3v) is 5.93. The number of nitrogens with one attached hydrogen (secondary N) is 1. The van der Waals surface area contributed by atoms with Crippen molar-refractivity contribution in [3.63, 3.8) is 0 Å². The number of ether oxygens (including phenoxy) is 1. The Hall–Kier alpha value is -2.65. The Labute approximate surface area is 193 Å². The van der Waals surface area contributed by atoms with E-state index in [0.29, 0.717) is 28.8 Å². The second kappa shape index (κ2) is 10.6. The fraction of sp³-hybridized carbons (Fsp3) is 0.273. The van der Waals surface area contributed by atoms with Crippen LogP contribution in [0.15, 0.2) is 58.2 Å². The molecule has 0 fully saturated rings. The first-order chi connectivity index (χ1) is 14.9. The van der Waals surface area contributed by atoms with Gasteiger partial charge in [-0.2, -0.15) is 0 Å². The van der Waals surface area contributed by atoms with Crippen molar-refractivity contribution >= 4 is 45.1 Å². The van der Waals surface area contributed by atoms with Crippen molar-refractivity contribution in [2.24, 2.45) is 0 Å². The highest BCUT2D eigenvalue weighted by Crippen LogP contribution is 2.25. The van der Waals surface area contributed by atoms with Crippen LogP contribution < -0.4 is 10.1 Å². The van der Waals surface area contributed by atoms with Crippen LogP contribution in [0, 0.1) is 0 Å². The summed E-state index contributed by atoms with van der Waals surface area (Å²) >= 11 is 4.71. The molecule has 0 aliphatic rings. The average Bonchev–Trinajstić information content (AvgIpc) is 3.17. The van der Waals surface area contributed by atoms with E-state index in [-0.39, 0.29) is 23.5 Å². The quantitative estimate of drug-likeness (QED) is 0.322. The van der Waals surface area contributed by atoms with Gasteiger partial charge in [0, 0.05) is 22.3 Å². The maximum absolute atomic E-state index is 12.4. The summed E-state index contributed by atoms with van der Waals surface area (Å²) in [6, 6.07) is 14.5. The second-order valence-electron chi connectivity index (χ2n) is 6.77. The molecule has 0 aliphatic heterocycles. The molecule has 1 aromatic heterocycles. The minimum absolute atomic E-state index is 0.0477. The fourth-order valence-corrected chi connectivity index (χ4v) is 3.99. The maximum atomic E-state index is 12.4. The van der Waals surface area contributed by atoms with Gasteiger partial charge < -0.3 is 14.6 Å². The lowest BCUT2D eigenvalue weighted by atomic mass is 10.1. The molecule has 0 spiro atoms. The van der Waals surface area contributed by atoms with Gasteiger partial charge in [-0.3, -0.25) is 9.59 Å². The van der Waals surface area contributed by atoms with E-state index in [0.717, 1.165) is 10.2 Å². The minimum atomic E-state index is -0.300. The zero-order valence-corrected chi connectivity index (χ0v) is 19.9. The molecule has 162 valence electrons. The third-order valence-electron chi connectivity index (χ3n) is 4.44. The summed E-state index contributed by atoms with van der Waals surface area (Å²) in [6.45, 7) is 6.06. The molecule has 1 atom stereocenters. The Balaban J connectivity index is 1.62. The number of thioether (sulfide) groups is 1. The number of hydrogen-bond acceptors (Lipinski definition) is 6.